The highest BCUT2D eigenvalue weighted by molar-refractivity contribution is 7.92. The van der Waals surface area contributed by atoms with E-state index < -0.39 is 10.0 Å². The summed E-state index contributed by atoms with van der Waals surface area (Å²) in [5.41, 5.74) is 3.28. The third kappa shape index (κ3) is 5.24. The molecule has 156 valence electrons. The van der Waals surface area contributed by atoms with Crippen LogP contribution in [0, 0.1) is 5.82 Å². The number of hydrogen-bond donors (Lipinski definition) is 1. The lowest BCUT2D eigenvalue weighted by Gasteiger charge is -2.23. The minimum atomic E-state index is -3.58. The monoisotopic (exact) mass is 426 g/mol. The normalized spacial score (nSPS) is 11.2. The molecule has 0 fully saturated rings. The molecule has 0 aliphatic rings. The molecule has 30 heavy (non-hydrogen) atoms. The van der Waals surface area contributed by atoms with Gasteiger partial charge in [0.25, 0.3) is 5.91 Å². The van der Waals surface area contributed by atoms with Crippen LogP contribution < -0.4 is 9.62 Å². The summed E-state index contributed by atoms with van der Waals surface area (Å²) in [4.78, 5) is 12.6. The molecule has 0 spiro atoms. The Morgan fingerprint density at radius 1 is 0.967 bits per heavy atom. The second-order valence-corrected chi connectivity index (χ2v) is 8.81. The second-order valence-electron chi connectivity index (χ2n) is 6.91. The average molecular weight is 427 g/mol. The molecule has 1 amide bonds. The molecule has 3 aromatic carbocycles. The van der Waals surface area contributed by atoms with Crippen LogP contribution in [0.2, 0.25) is 0 Å². The lowest BCUT2D eigenvalue weighted by Crippen LogP contribution is -2.29. The van der Waals surface area contributed by atoms with E-state index in [0.717, 1.165) is 23.9 Å². The Morgan fingerprint density at radius 3 is 2.20 bits per heavy atom. The van der Waals surface area contributed by atoms with Crippen molar-refractivity contribution in [3.63, 3.8) is 0 Å². The van der Waals surface area contributed by atoms with Crippen LogP contribution in [0.4, 0.5) is 15.8 Å². The third-order valence-corrected chi connectivity index (χ3v) is 5.84. The van der Waals surface area contributed by atoms with Crippen LogP contribution in [-0.4, -0.2) is 20.6 Å². The van der Waals surface area contributed by atoms with Crippen molar-refractivity contribution in [2.45, 2.75) is 19.9 Å². The Morgan fingerprint density at radius 2 is 1.60 bits per heavy atom. The molecule has 0 aliphatic heterocycles. The minimum Gasteiger partial charge on any atom is -0.322 e. The fourth-order valence-electron chi connectivity index (χ4n) is 3.08. The van der Waals surface area contributed by atoms with Gasteiger partial charge >= 0.3 is 0 Å². The van der Waals surface area contributed by atoms with Gasteiger partial charge in [0.2, 0.25) is 10.0 Å². The van der Waals surface area contributed by atoms with Crippen molar-refractivity contribution in [1.82, 2.24) is 0 Å². The van der Waals surface area contributed by atoms with Gasteiger partial charge in [0.1, 0.15) is 5.82 Å². The Bertz CT molecular complexity index is 1130. The van der Waals surface area contributed by atoms with Gasteiger partial charge in [0.15, 0.2) is 0 Å². The summed E-state index contributed by atoms with van der Waals surface area (Å²) >= 11 is 0. The van der Waals surface area contributed by atoms with E-state index in [1.165, 1.54) is 16.4 Å². The van der Waals surface area contributed by atoms with E-state index in [4.69, 9.17) is 0 Å². The largest absolute Gasteiger partial charge is 0.322 e. The first kappa shape index (κ1) is 21.5. The van der Waals surface area contributed by atoms with E-state index in [1.54, 1.807) is 36.4 Å². The quantitative estimate of drug-likeness (QED) is 0.600. The van der Waals surface area contributed by atoms with E-state index in [9.17, 15) is 17.6 Å². The molecule has 0 saturated heterocycles. The van der Waals surface area contributed by atoms with Crippen LogP contribution in [0.25, 0.3) is 0 Å². The van der Waals surface area contributed by atoms with E-state index in [2.05, 4.69) is 5.32 Å². The van der Waals surface area contributed by atoms with Crippen LogP contribution in [-0.2, 0) is 23.0 Å². The number of amides is 1. The third-order valence-electron chi connectivity index (χ3n) is 4.70. The number of aryl methyl sites for hydroxylation is 1. The number of anilines is 2. The van der Waals surface area contributed by atoms with Crippen LogP contribution in [0.3, 0.4) is 0 Å². The number of nitrogens with zero attached hydrogens (tertiary/aromatic N) is 1. The van der Waals surface area contributed by atoms with Crippen molar-refractivity contribution in [2.75, 3.05) is 15.9 Å². The molecule has 0 heterocycles. The molecule has 3 rings (SSSR count). The van der Waals surface area contributed by atoms with E-state index in [0.29, 0.717) is 16.8 Å². The van der Waals surface area contributed by atoms with Crippen LogP contribution in [0.1, 0.15) is 28.4 Å². The zero-order valence-corrected chi connectivity index (χ0v) is 17.6. The fourth-order valence-corrected chi connectivity index (χ4v) is 3.97. The zero-order chi connectivity index (χ0) is 21.7. The SMILES string of the molecule is CCc1ccccc1NC(=O)c1ccc(N(Cc2ccc(F)cc2)S(C)(=O)=O)cc1. The topological polar surface area (TPSA) is 66.5 Å². The number of nitrogens with one attached hydrogen (secondary N) is 1. The maximum atomic E-state index is 13.1. The zero-order valence-electron chi connectivity index (χ0n) is 16.8. The maximum Gasteiger partial charge on any atom is 0.255 e. The van der Waals surface area contributed by atoms with Gasteiger partial charge in [0.05, 0.1) is 18.5 Å². The number of halogens is 1. The highest BCUT2D eigenvalue weighted by Gasteiger charge is 2.18. The van der Waals surface area contributed by atoms with E-state index >= 15 is 0 Å². The molecule has 0 unspecified atom stereocenters. The van der Waals surface area contributed by atoms with Gasteiger partial charge in [0, 0.05) is 11.3 Å². The van der Waals surface area contributed by atoms with Crippen LogP contribution in [0.15, 0.2) is 72.8 Å². The minimum absolute atomic E-state index is 0.0640. The number of hydrogen-bond acceptors (Lipinski definition) is 3. The molecule has 0 atom stereocenters. The van der Waals surface area contributed by atoms with Crippen LogP contribution >= 0.6 is 0 Å². The second kappa shape index (κ2) is 9.09. The summed E-state index contributed by atoms with van der Waals surface area (Å²) in [6.07, 6.45) is 1.90. The first-order valence-electron chi connectivity index (χ1n) is 9.49. The predicted octanol–water partition coefficient (Wildman–Crippen LogP) is 4.61. The number of carbonyl (C=O) groups is 1. The standard InChI is InChI=1S/C23H23FN2O3S/c1-3-18-6-4-5-7-22(18)25-23(27)19-10-14-21(15-11-19)26(30(2,28)29)16-17-8-12-20(24)13-9-17/h4-15H,3,16H2,1-2H3,(H,25,27). The summed E-state index contributed by atoms with van der Waals surface area (Å²) in [7, 11) is -3.58. The van der Waals surface area contributed by atoms with Gasteiger partial charge in [-0.15, -0.1) is 0 Å². The molecule has 5 nitrogen and oxygen atoms in total. The van der Waals surface area contributed by atoms with Gasteiger partial charge < -0.3 is 5.32 Å². The molecule has 7 heteroatoms. The van der Waals surface area contributed by atoms with Crippen molar-refractivity contribution < 1.29 is 17.6 Å². The molecular formula is C23H23FN2O3S. The van der Waals surface area contributed by atoms with Crippen molar-refractivity contribution in [2.24, 2.45) is 0 Å². The summed E-state index contributed by atoms with van der Waals surface area (Å²) in [5.74, 6) is -0.656. The number of benzene rings is 3. The molecule has 0 radical (unpaired) electrons. The number of sulfonamides is 1. The molecule has 0 bridgehead atoms. The summed E-state index contributed by atoms with van der Waals surface area (Å²) in [5, 5.41) is 2.90. The first-order chi connectivity index (χ1) is 14.3. The van der Waals surface area contributed by atoms with Gasteiger partial charge in [-0.05, 0) is 60.0 Å². The number of carbonyl (C=O) groups excluding carboxylic acids is 1. The smallest absolute Gasteiger partial charge is 0.255 e. The predicted molar refractivity (Wildman–Crippen MR) is 118 cm³/mol. The van der Waals surface area contributed by atoms with Crippen LogP contribution in [0.5, 0.6) is 0 Å². The Balaban J connectivity index is 1.81. The fraction of sp³-hybridized carbons (Fsp3) is 0.174. The molecular weight excluding hydrogens is 403 g/mol. The molecule has 0 aliphatic carbocycles. The molecule has 3 aromatic rings. The Hall–Kier alpha value is -3.19. The lowest BCUT2D eigenvalue weighted by atomic mass is 10.1. The van der Waals surface area contributed by atoms with Gasteiger partial charge in [-0.2, -0.15) is 0 Å². The van der Waals surface area contributed by atoms with Gasteiger partial charge in [-0.3, -0.25) is 9.10 Å². The summed E-state index contributed by atoms with van der Waals surface area (Å²) < 4.78 is 39.0. The molecule has 0 aromatic heterocycles. The molecule has 0 saturated carbocycles. The Kier molecular flexibility index (Phi) is 6.52. The highest BCUT2D eigenvalue weighted by Crippen LogP contribution is 2.22. The number of rotatable bonds is 7. The first-order valence-corrected chi connectivity index (χ1v) is 11.3. The van der Waals surface area contributed by atoms with E-state index in [1.807, 2.05) is 31.2 Å². The highest BCUT2D eigenvalue weighted by atomic mass is 32.2. The van der Waals surface area contributed by atoms with Gasteiger partial charge in [-0.1, -0.05) is 37.3 Å². The maximum absolute atomic E-state index is 13.1. The summed E-state index contributed by atoms with van der Waals surface area (Å²) in [6, 6.07) is 19.6. The Labute approximate surface area is 176 Å². The van der Waals surface area contributed by atoms with Gasteiger partial charge in [-0.25, -0.2) is 12.8 Å². The number of para-hydroxylation sites is 1. The van der Waals surface area contributed by atoms with Crippen molar-refractivity contribution in [3.05, 3.63) is 95.3 Å². The van der Waals surface area contributed by atoms with Crippen molar-refractivity contribution in [1.29, 1.82) is 0 Å². The lowest BCUT2D eigenvalue weighted by molar-refractivity contribution is 0.102. The summed E-state index contributed by atoms with van der Waals surface area (Å²) in [6.45, 7) is 2.08. The van der Waals surface area contributed by atoms with E-state index in [-0.39, 0.29) is 18.3 Å². The van der Waals surface area contributed by atoms with Crippen molar-refractivity contribution >= 4 is 27.3 Å². The average Bonchev–Trinajstić information content (AvgIpc) is 2.73. The molecule has 1 N–H and O–H groups in total. The van der Waals surface area contributed by atoms with Crippen molar-refractivity contribution in [3.8, 4) is 0 Å².